The molecule has 1 aromatic rings. The lowest BCUT2D eigenvalue weighted by Crippen LogP contribution is -2.50. The van der Waals surface area contributed by atoms with Gasteiger partial charge in [-0.15, -0.1) is 0 Å². The molecular weight excluding hydrogens is 240 g/mol. The number of hydrogen-bond acceptors (Lipinski definition) is 3. The number of hydrogen-bond donors (Lipinski definition) is 2. The Kier molecular flexibility index (Phi) is 4.96. The molecule has 0 saturated carbocycles. The van der Waals surface area contributed by atoms with E-state index in [1.54, 1.807) is 6.20 Å². The van der Waals surface area contributed by atoms with Gasteiger partial charge in [-0.05, 0) is 12.3 Å². The number of carbonyl (C=O) groups is 1. The van der Waals surface area contributed by atoms with Crippen LogP contribution in [0.25, 0.3) is 0 Å². The first-order valence-electron chi connectivity index (χ1n) is 7.24. The Morgan fingerprint density at radius 3 is 3.05 bits per heavy atom. The van der Waals surface area contributed by atoms with Crippen LogP contribution < -0.4 is 5.32 Å². The van der Waals surface area contributed by atoms with E-state index in [1.165, 1.54) is 0 Å². The topological polar surface area (TPSA) is 61.0 Å². The number of carbonyl (C=O) groups excluding carboxylic acids is 1. The van der Waals surface area contributed by atoms with E-state index in [0.717, 1.165) is 38.3 Å². The maximum Gasteiger partial charge on any atom is 0.222 e. The zero-order chi connectivity index (χ0) is 13.7. The Hall–Kier alpha value is -1.36. The first-order valence-corrected chi connectivity index (χ1v) is 7.24. The van der Waals surface area contributed by atoms with Crippen LogP contribution in [0.5, 0.6) is 0 Å². The average molecular weight is 264 g/mol. The monoisotopic (exact) mass is 264 g/mol. The van der Waals surface area contributed by atoms with Crippen molar-refractivity contribution in [2.45, 2.75) is 45.7 Å². The first-order chi connectivity index (χ1) is 9.24. The molecule has 0 unspecified atom stereocenters. The summed E-state index contributed by atoms with van der Waals surface area (Å²) in [6.07, 6.45) is 6.36. The minimum absolute atomic E-state index is 0.280. The minimum atomic E-state index is 0.280. The van der Waals surface area contributed by atoms with Crippen LogP contribution in [0.15, 0.2) is 12.4 Å². The van der Waals surface area contributed by atoms with Gasteiger partial charge in [-0.1, -0.05) is 20.3 Å². The van der Waals surface area contributed by atoms with E-state index in [2.05, 4.69) is 22.2 Å². The summed E-state index contributed by atoms with van der Waals surface area (Å²) in [7, 11) is 0. The number of rotatable bonds is 5. The van der Waals surface area contributed by atoms with E-state index in [9.17, 15) is 4.79 Å². The van der Waals surface area contributed by atoms with Gasteiger partial charge in [-0.3, -0.25) is 4.79 Å². The average Bonchev–Trinajstić information content (AvgIpc) is 2.97. The summed E-state index contributed by atoms with van der Waals surface area (Å²) in [6.45, 7) is 6.67. The SMILES string of the molecule is CCC(=O)N1CC[C@H](NCc2ncc[nH]2)[C@@H](CC)C1. The molecule has 2 N–H and O–H groups in total. The zero-order valence-electron chi connectivity index (χ0n) is 11.9. The van der Waals surface area contributed by atoms with Crippen molar-refractivity contribution < 1.29 is 4.79 Å². The highest BCUT2D eigenvalue weighted by Gasteiger charge is 2.29. The van der Waals surface area contributed by atoms with E-state index < -0.39 is 0 Å². The molecule has 1 aliphatic heterocycles. The third kappa shape index (κ3) is 3.56. The number of nitrogens with one attached hydrogen (secondary N) is 2. The Morgan fingerprint density at radius 1 is 1.58 bits per heavy atom. The Bertz CT molecular complexity index is 390. The van der Waals surface area contributed by atoms with Gasteiger partial charge in [-0.2, -0.15) is 0 Å². The van der Waals surface area contributed by atoms with E-state index >= 15 is 0 Å². The smallest absolute Gasteiger partial charge is 0.222 e. The maximum atomic E-state index is 11.8. The molecule has 2 heterocycles. The zero-order valence-corrected chi connectivity index (χ0v) is 11.9. The van der Waals surface area contributed by atoms with Crippen molar-refractivity contribution in [3.8, 4) is 0 Å². The van der Waals surface area contributed by atoms with Crippen molar-refractivity contribution in [1.82, 2.24) is 20.2 Å². The molecule has 5 nitrogen and oxygen atoms in total. The molecule has 1 amide bonds. The second-order valence-corrected chi connectivity index (χ2v) is 5.17. The standard InChI is InChI=1S/C14H24N4O/c1-3-11-10-18(14(19)4-2)8-5-12(11)17-9-13-15-6-7-16-13/h6-7,11-12,17H,3-5,8-10H2,1-2H3,(H,15,16)/t11-,12-/m0/s1. The molecule has 2 rings (SSSR count). The van der Waals surface area contributed by atoms with Gasteiger partial charge >= 0.3 is 0 Å². The van der Waals surface area contributed by atoms with Crippen LogP contribution in [-0.4, -0.2) is 39.9 Å². The summed E-state index contributed by atoms with van der Waals surface area (Å²) in [4.78, 5) is 21.1. The van der Waals surface area contributed by atoms with Gasteiger partial charge in [0.05, 0.1) is 6.54 Å². The van der Waals surface area contributed by atoms with Crippen molar-refractivity contribution in [1.29, 1.82) is 0 Å². The Balaban J connectivity index is 1.86. The number of imidazole rings is 1. The largest absolute Gasteiger partial charge is 0.348 e. The predicted molar refractivity (Wildman–Crippen MR) is 74.5 cm³/mol. The second-order valence-electron chi connectivity index (χ2n) is 5.17. The summed E-state index contributed by atoms with van der Waals surface area (Å²) < 4.78 is 0. The number of likely N-dealkylation sites (tertiary alicyclic amines) is 1. The van der Waals surface area contributed by atoms with E-state index in [4.69, 9.17) is 0 Å². The second kappa shape index (κ2) is 6.70. The van der Waals surface area contributed by atoms with E-state index in [1.807, 2.05) is 18.0 Å². The predicted octanol–water partition coefficient (Wildman–Crippen LogP) is 1.54. The maximum absolute atomic E-state index is 11.8. The number of H-pyrrole nitrogens is 1. The van der Waals surface area contributed by atoms with Crippen LogP contribution in [0.3, 0.4) is 0 Å². The van der Waals surface area contributed by atoms with Crippen molar-refractivity contribution >= 4 is 5.91 Å². The van der Waals surface area contributed by atoms with Crippen molar-refractivity contribution in [2.24, 2.45) is 5.92 Å². The third-order valence-electron chi connectivity index (χ3n) is 4.00. The van der Waals surface area contributed by atoms with Gasteiger partial charge < -0.3 is 15.2 Å². The number of piperidine rings is 1. The van der Waals surface area contributed by atoms with Crippen molar-refractivity contribution in [2.75, 3.05) is 13.1 Å². The lowest BCUT2D eigenvalue weighted by Gasteiger charge is -2.38. The molecule has 1 aromatic heterocycles. The number of aromatic amines is 1. The highest BCUT2D eigenvalue weighted by molar-refractivity contribution is 5.75. The summed E-state index contributed by atoms with van der Waals surface area (Å²) in [5, 5.41) is 3.57. The normalized spacial score (nSPS) is 23.6. The third-order valence-corrected chi connectivity index (χ3v) is 4.00. The summed E-state index contributed by atoms with van der Waals surface area (Å²) in [6, 6.07) is 0.482. The van der Waals surface area contributed by atoms with Crippen LogP contribution in [0.1, 0.15) is 38.9 Å². The highest BCUT2D eigenvalue weighted by Crippen LogP contribution is 2.21. The minimum Gasteiger partial charge on any atom is -0.348 e. The molecule has 0 radical (unpaired) electrons. The molecule has 0 bridgehead atoms. The summed E-state index contributed by atoms with van der Waals surface area (Å²) >= 11 is 0. The molecule has 2 atom stereocenters. The van der Waals surface area contributed by atoms with E-state index in [-0.39, 0.29) is 5.91 Å². The van der Waals surface area contributed by atoms with Crippen LogP contribution in [0.4, 0.5) is 0 Å². The van der Waals surface area contributed by atoms with Gasteiger partial charge in [0.25, 0.3) is 0 Å². The quantitative estimate of drug-likeness (QED) is 0.848. The molecule has 1 aliphatic rings. The van der Waals surface area contributed by atoms with Crippen molar-refractivity contribution in [3.05, 3.63) is 18.2 Å². The molecule has 106 valence electrons. The molecule has 0 aromatic carbocycles. The molecular formula is C14H24N4O. The fourth-order valence-corrected chi connectivity index (χ4v) is 2.79. The van der Waals surface area contributed by atoms with Crippen LogP contribution in [-0.2, 0) is 11.3 Å². The molecule has 1 saturated heterocycles. The fourth-order valence-electron chi connectivity index (χ4n) is 2.79. The molecule has 0 spiro atoms. The van der Waals surface area contributed by atoms with Gasteiger partial charge in [0.2, 0.25) is 5.91 Å². The summed E-state index contributed by atoms with van der Waals surface area (Å²) in [5.74, 6) is 1.80. The lowest BCUT2D eigenvalue weighted by atomic mass is 9.89. The highest BCUT2D eigenvalue weighted by atomic mass is 16.2. The van der Waals surface area contributed by atoms with Gasteiger partial charge in [0.15, 0.2) is 0 Å². The van der Waals surface area contributed by atoms with Gasteiger partial charge in [0.1, 0.15) is 5.82 Å². The van der Waals surface area contributed by atoms with Crippen LogP contribution in [0, 0.1) is 5.92 Å². The molecule has 19 heavy (non-hydrogen) atoms. The van der Waals surface area contributed by atoms with Gasteiger partial charge in [0, 0.05) is 37.9 Å². The number of aromatic nitrogens is 2. The molecule has 0 aliphatic carbocycles. The van der Waals surface area contributed by atoms with Crippen LogP contribution >= 0.6 is 0 Å². The Morgan fingerprint density at radius 2 is 2.42 bits per heavy atom. The molecule has 5 heteroatoms. The van der Waals surface area contributed by atoms with Crippen LogP contribution in [0.2, 0.25) is 0 Å². The Labute approximate surface area is 114 Å². The fraction of sp³-hybridized carbons (Fsp3) is 0.714. The van der Waals surface area contributed by atoms with Crippen molar-refractivity contribution in [3.63, 3.8) is 0 Å². The number of nitrogens with zero attached hydrogens (tertiary/aromatic N) is 2. The lowest BCUT2D eigenvalue weighted by molar-refractivity contribution is -0.133. The number of amides is 1. The first kappa shape index (κ1) is 14.1. The summed E-state index contributed by atoms with van der Waals surface area (Å²) in [5.41, 5.74) is 0. The van der Waals surface area contributed by atoms with E-state index in [0.29, 0.717) is 18.4 Å². The van der Waals surface area contributed by atoms with Gasteiger partial charge in [-0.25, -0.2) is 4.98 Å². The molecule has 1 fully saturated rings.